The zero-order valence-electron chi connectivity index (χ0n) is 13.3. The lowest BCUT2D eigenvalue weighted by Gasteiger charge is -2.21. The van der Waals surface area contributed by atoms with Crippen LogP contribution in [-0.2, 0) is 16.1 Å². The van der Waals surface area contributed by atoms with Crippen LogP contribution >= 0.6 is 11.3 Å². The molecule has 0 aromatic carbocycles. The summed E-state index contributed by atoms with van der Waals surface area (Å²) in [6.07, 6.45) is 3.56. The van der Waals surface area contributed by atoms with Gasteiger partial charge in [0.05, 0.1) is 17.3 Å². The van der Waals surface area contributed by atoms with Gasteiger partial charge in [0.25, 0.3) is 0 Å². The SMILES string of the molecule is Cc1nc(CN2CCCN(C(=O)COCC3CC3)CC2)cs1. The molecule has 0 atom stereocenters. The number of hydrogen-bond acceptors (Lipinski definition) is 5. The fourth-order valence-electron chi connectivity index (χ4n) is 2.78. The molecular weight excluding hydrogens is 298 g/mol. The van der Waals surface area contributed by atoms with Crippen molar-refractivity contribution in [1.82, 2.24) is 14.8 Å². The van der Waals surface area contributed by atoms with Crippen molar-refractivity contribution >= 4 is 17.2 Å². The summed E-state index contributed by atoms with van der Waals surface area (Å²) in [4.78, 5) is 21.1. The van der Waals surface area contributed by atoms with E-state index in [9.17, 15) is 4.79 Å². The van der Waals surface area contributed by atoms with Crippen molar-refractivity contribution in [3.8, 4) is 0 Å². The summed E-state index contributed by atoms with van der Waals surface area (Å²) in [5, 5.41) is 3.25. The number of carbonyl (C=O) groups excluding carboxylic acids is 1. The lowest BCUT2D eigenvalue weighted by molar-refractivity contribution is -0.136. The van der Waals surface area contributed by atoms with Crippen LogP contribution in [0.25, 0.3) is 0 Å². The predicted octanol–water partition coefficient (Wildman–Crippen LogP) is 1.91. The molecule has 0 N–H and O–H groups in total. The van der Waals surface area contributed by atoms with Crippen LogP contribution in [0.5, 0.6) is 0 Å². The van der Waals surface area contributed by atoms with Gasteiger partial charge >= 0.3 is 0 Å². The summed E-state index contributed by atoms with van der Waals surface area (Å²) in [5.74, 6) is 0.862. The van der Waals surface area contributed by atoms with Crippen molar-refractivity contribution in [2.75, 3.05) is 39.4 Å². The zero-order chi connectivity index (χ0) is 15.4. The normalized spacial score (nSPS) is 20.1. The standard InChI is InChI=1S/C16H25N3O2S/c1-13-17-15(12-22-13)9-18-5-2-6-19(8-7-18)16(20)11-21-10-14-3-4-14/h12,14H,2-11H2,1H3. The second-order valence-corrected chi connectivity index (χ2v) is 7.39. The van der Waals surface area contributed by atoms with Gasteiger partial charge in [-0.05, 0) is 32.1 Å². The zero-order valence-corrected chi connectivity index (χ0v) is 14.1. The van der Waals surface area contributed by atoms with E-state index in [1.807, 2.05) is 11.8 Å². The van der Waals surface area contributed by atoms with Gasteiger partial charge in [0, 0.05) is 38.1 Å². The summed E-state index contributed by atoms with van der Waals surface area (Å²) >= 11 is 1.70. The van der Waals surface area contributed by atoms with Gasteiger partial charge in [-0.2, -0.15) is 0 Å². The number of ether oxygens (including phenoxy) is 1. The molecule has 2 fully saturated rings. The van der Waals surface area contributed by atoms with Gasteiger partial charge in [0.2, 0.25) is 5.91 Å². The average molecular weight is 323 g/mol. The van der Waals surface area contributed by atoms with Crippen molar-refractivity contribution in [2.24, 2.45) is 5.92 Å². The minimum absolute atomic E-state index is 0.145. The molecule has 1 saturated carbocycles. The van der Waals surface area contributed by atoms with E-state index >= 15 is 0 Å². The Bertz CT molecular complexity index is 501. The van der Waals surface area contributed by atoms with Crippen LogP contribution in [0.1, 0.15) is 30.0 Å². The maximum Gasteiger partial charge on any atom is 0.248 e. The molecule has 2 aliphatic rings. The van der Waals surface area contributed by atoms with Gasteiger partial charge in [-0.1, -0.05) is 0 Å². The first kappa shape index (κ1) is 15.9. The molecule has 2 heterocycles. The Kier molecular flexibility index (Phi) is 5.44. The van der Waals surface area contributed by atoms with Gasteiger partial charge in [-0.25, -0.2) is 4.98 Å². The van der Waals surface area contributed by atoms with E-state index in [1.54, 1.807) is 11.3 Å². The van der Waals surface area contributed by atoms with E-state index in [0.29, 0.717) is 5.92 Å². The molecule has 0 unspecified atom stereocenters. The first-order chi connectivity index (χ1) is 10.7. The Morgan fingerprint density at radius 1 is 1.36 bits per heavy atom. The molecule has 1 aromatic rings. The molecule has 1 saturated heterocycles. The van der Waals surface area contributed by atoms with Gasteiger partial charge < -0.3 is 9.64 Å². The Hall–Kier alpha value is -0.980. The molecule has 1 amide bonds. The third-order valence-corrected chi connectivity index (χ3v) is 5.09. The van der Waals surface area contributed by atoms with E-state index in [1.165, 1.54) is 12.8 Å². The Morgan fingerprint density at radius 3 is 2.95 bits per heavy atom. The van der Waals surface area contributed by atoms with Crippen molar-refractivity contribution in [2.45, 2.75) is 32.7 Å². The van der Waals surface area contributed by atoms with Crippen LogP contribution in [-0.4, -0.2) is 60.1 Å². The van der Waals surface area contributed by atoms with Crippen LogP contribution < -0.4 is 0 Å². The first-order valence-corrected chi connectivity index (χ1v) is 9.07. The molecule has 122 valence electrons. The van der Waals surface area contributed by atoms with E-state index < -0.39 is 0 Å². The summed E-state index contributed by atoms with van der Waals surface area (Å²) in [5.41, 5.74) is 1.15. The molecule has 6 heteroatoms. The number of aromatic nitrogens is 1. The second kappa shape index (κ2) is 7.53. The van der Waals surface area contributed by atoms with Gasteiger partial charge in [-0.3, -0.25) is 9.69 Å². The number of carbonyl (C=O) groups is 1. The van der Waals surface area contributed by atoms with Crippen LogP contribution in [0.15, 0.2) is 5.38 Å². The molecular formula is C16H25N3O2S. The first-order valence-electron chi connectivity index (χ1n) is 8.19. The predicted molar refractivity (Wildman–Crippen MR) is 86.9 cm³/mol. The van der Waals surface area contributed by atoms with Crippen LogP contribution in [0.4, 0.5) is 0 Å². The van der Waals surface area contributed by atoms with Crippen molar-refractivity contribution in [3.63, 3.8) is 0 Å². The van der Waals surface area contributed by atoms with Gasteiger partial charge in [0.15, 0.2) is 0 Å². The molecule has 0 bridgehead atoms. The third-order valence-electron chi connectivity index (χ3n) is 4.27. The molecule has 3 rings (SSSR count). The van der Waals surface area contributed by atoms with Crippen molar-refractivity contribution in [1.29, 1.82) is 0 Å². The monoisotopic (exact) mass is 323 g/mol. The summed E-state index contributed by atoms with van der Waals surface area (Å²) in [7, 11) is 0. The summed E-state index contributed by atoms with van der Waals surface area (Å²) < 4.78 is 5.53. The summed E-state index contributed by atoms with van der Waals surface area (Å²) in [6, 6.07) is 0. The van der Waals surface area contributed by atoms with Crippen LogP contribution in [0.2, 0.25) is 0 Å². The van der Waals surface area contributed by atoms with Crippen molar-refractivity contribution in [3.05, 3.63) is 16.1 Å². The molecule has 1 aliphatic carbocycles. The molecule has 1 aliphatic heterocycles. The third kappa shape index (κ3) is 4.76. The minimum Gasteiger partial charge on any atom is -0.371 e. The highest BCUT2D eigenvalue weighted by molar-refractivity contribution is 7.09. The largest absolute Gasteiger partial charge is 0.371 e. The van der Waals surface area contributed by atoms with Crippen LogP contribution in [0.3, 0.4) is 0 Å². The fourth-order valence-corrected chi connectivity index (χ4v) is 3.38. The molecule has 5 nitrogen and oxygen atoms in total. The van der Waals surface area contributed by atoms with E-state index in [0.717, 1.165) is 56.5 Å². The Balaban J connectivity index is 1.41. The maximum absolute atomic E-state index is 12.2. The Morgan fingerprint density at radius 2 is 2.23 bits per heavy atom. The fraction of sp³-hybridized carbons (Fsp3) is 0.750. The maximum atomic E-state index is 12.2. The second-order valence-electron chi connectivity index (χ2n) is 6.33. The number of amides is 1. The smallest absolute Gasteiger partial charge is 0.248 e. The molecule has 1 aromatic heterocycles. The highest BCUT2D eigenvalue weighted by Crippen LogP contribution is 2.28. The number of hydrogen-bond donors (Lipinski definition) is 0. The summed E-state index contributed by atoms with van der Waals surface area (Å²) in [6.45, 7) is 7.54. The van der Waals surface area contributed by atoms with E-state index in [2.05, 4.69) is 15.3 Å². The average Bonchev–Trinajstić information content (AvgIpc) is 3.26. The number of aryl methyl sites for hydroxylation is 1. The quantitative estimate of drug-likeness (QED) is 0.802. The topological polar surface area (TPSA) is 45.7 Å². The van der Waals surface area contributed by atoms with Gasteiger partial charge in [0.1, 0.15) is 6.61 Å². The van der Waals surface area contributed by atoms with Crippen LogP contribution in [0, 0.1) is 12.8 Å². The van der Waals surface area contributed by atoms with E-state index in [4.69, 9.17) is 4.74 Å². The molecule has 0 radical (unpaired) electrons. The number of rotatable bonds is 6. The van der Waals surface area contributed by atoms with Gasteiger partial charge in [-0.15, -0.1) is 11.3 Å². The molecule has 22 heavy (non-hydrogen) atoms. The minimum atomic E-state index is 0.145. The highest BCUT2D eigenvalue weighted by Gasteiger charge is 2.23. The molecule has 0 spiro atoms. The van der Waals surface area contributed by atoms with Crippen molar-refractivity contribution < 1.29 is 9.53 Å². The number of thiazole rings is 1. The van der Waals surface area contributed by atoms with E-state index in [-0.39, 0.29) is 12.5 Å². The lowest BCUT2D eigenvalue weighted by atomic mass is 10.3. The Labute approximate surface area is 136 Å². The lowest BCUT2D eigenvalue weighted by Crippen LogP contribution is -2.37. The highest BCUT2D eigenvalue weighted by atomic mass is 32.1. The number of nitrogens with zero attached hydrogens (tertiary/aromatic N) is 3.